The Morgan fingerprint density at radius 1 is 1.06 bits per heavy atom. The van der Waals surface area contributed by atoms with Crippen LogP contribution in [0.1, 0.15) is 23.6 Å². The van der Waals surface area contributed by atoms with E-state index in [0.717, 1.165) is 4.31 Å². The van der Waals surface area contributed by atoms with Crippen LogP contribution in [0, 0.1) is 5.82 Å². The fourth-order valence-corrected chi connectivity index (χ4v) is 4.78. The van der Waals surface area contributed by atoms with Gasteiger partial charge in [-0.05, 0) is 56.9 Å². The molecular weight excluding hydrogens is 461 g/mol. The van der Waals surface area contributed by atoms with Gasteiger partial charge in [-0.3, -0.25) is 9.59 Å². The first-order valence-corrected chi connectivity index (χ1v) is 12.1. The second kappa shape index (κ2) is 10.0. The fourth-order valence-electron chi connectivity index (χ4n) is 3.83. The van der Waals surface area contributed by atoms with Crippen molar-refractivity contribution in [3.8, 4) is 0 Å². The van der Waals surface area contributed by atoms with Crippen LogP contribution < -0.4 is 0 Å². The summed E-state index contributed by atoms with van der Waals surface area (Å²) in [7, 11) is 2.76. The second-order valence-electron chi connectivity index (χ2n) is 8.52. The third-order valence-corrected chi connectivity index (χ3v) is 7.43. The summed E-state index contributed by atoms with van der Waals surface area (Å²) in [5.41, 5.74) is 0.381. The Kier molecular flexibility index (Phi) is 7.54. The average molecular weight is 490 g/mol. The summed E-state index contributed by atoms with van der Waals surface area (Å²) in [6, 6.07) is 9.98. The Balaban J connectivity index is 2.14. The summed E-state index contributed by atoms with van der Waals surface area (Å²) < 4.78 is 39.7. The lowest BCUT2D eigenvalue weighted by atomic mass is 9.95. The largest absolute Gasteiger partial charge is 0.507 e. The summed E-state index contributed by atoms with van der Waals surface area (Å²) in [5.74, 6) is -2.61. The smallest absolute Gasteiger partial charge is 0.295 e. The first-order valence-electron chi connectivity index (χ1n) is 10.7. The van der Waals surface area contributed by atoms with Gasteiger partial charge in [0.1, 0.15) is 11.6 Å². The van der Waals surface area contributed by atoms with Crippen molar-refractivity contribution in [2.24, 2.45) is 0 Å². The molecule has 10 heteroatoms. The van der Waals surface area contributed by atoms with E-state index in [1.807, 2.05) is 19.0 Å². The number of hydrogen-bond donors (Lipinski definition) is 1. The molecule has 0 aromatic heterocycles. The molecule has 1 aliphatic rings. The summed E-state index contributed by atoms with van der Waals surface area (Å²) in [6.45, 7) is 0.917. The Labute approximate surface area is 198 Å². The molecule has 0 spiro atoms. The van der Waals surface area contributed by atoms with Crippen molar-refractivity contribution in [1.29, 1.82) is 0 Å². The standard InChI is InChI=1S/C24H28FN3O5S/c1-26(2)13-6-14-28-21(16-9-11-18(25)12-10-16)20(23(30)24(28)31)22(29)17-7-5-8-19(15-17)34(32,33)27(3)4/h5,7-12,15,21,29H,6,13-14H2,1-4H3/b22-20-. The van der Waals surface area contributed by atoms with Crippen molar-refractivity contribution < 1.29 is 27.5 Å². The van der Waals surface area contributed by atoms with E-state index >= 15 is 0 Å². The minimum absolute atomic E-state index is 0.0694. The molecule has 182 valence electrons. The zero-order chi connectivity index (χ0) is 25.2. The van der Waals surface area contributed by atoms with E-state index in [0.29, 0.717) is 18.5 Å². The molecule has 0 aliphatic carbocycles. The molecule has 1 atom stereocenters. The van der Waals surface area contributed by atoms with Crippen LogP contribution in [0.4, 0.5) is 4.39 Å². The third-order valence-electron chi connectivity index (χ3n) is 5.62. The van der Waals surface area contributed by atoms with Crippen LogP contribution in [0.3, 0.4) is 0 Å². The van der Waals surface area contributed by atoms with Gasteiger partial charge in [0, 0.05) is 26.2 Å². The fraction of sp³-hybridized carbons (Fsp3) is 0.333. The molecule has 1 N–H and O–H groups in total. The number of carbonyl (C=O) groups excluding carboxylic acids is 2. The summed E-state index contributed by atoms with van der Waals surface area (Å²) >= 11 is 0. The molecular formula is C24H28FN3O5S. The van der Waals surface area contributed by atoms with Crippen LogP contribution in [-0.2, 0) is 19.6 Å². The van der Waals surface area contributed by atoms with E-state index in [4.69, 9.17) is 0 Å². The molecule has 1 fully saturated rings. The van der Waals surface area contributed by atoms with Crippen molar-refractivity contribution >= 4 is 27.5 Å². The van der Waals surface area contributed by atoms with Crippen LogP contribution in [0.2, 0.25) is 0 Å². The number of hydrogen-bond acceptors (Lipinski definition) is 6. The summed E-state index contributed by atoms with van der Waals surface area (Å²) in [6.07, 6.45) is 0.578. The molecule has 1 aliphatic heterocycles. The molecule has 0 saturated carbocycles. The number of sulfonamides is 1. The van der Waals surface area contributed by atoms with Crippen molar-refractivity contribution in [1.82, 2.24) is 14.1 Å². The molecule has 3 rings (SSSR count). The molecule has 1 heterocycles. The van der Waals surface area contributed by atoms with Crippen molar-refractivity contribution in [3.05, 3.63) is 71.0 Å². The van der Waals surface area contributed by atoms with E-state index in [2.05, 4.69) is 0 Å². The minimum atomic E-state index is -3.79. The highest BCUT2D eigenvalue weighted by Gasteiger charge is 2.45. The highest BCUT2D eigenvalue weighted by atomic mass is 32.2. The Morgan fingerprint density at radius 2 is 1.71 bits per heavy atom. The van der Waals surface area contributed by atoms with Gasteiger partial charge in [-0.15, -0.1) is 0 Å². The maximum atomic E-state index is 13.6. The number of aliphatic hydroxyl groups excluding tert-OH is 1. The molecule has 2 aromatic carbocycles. The van der Waals surface area contributed by atoms with Crippen molar-refractivity contribution in [2.45, 2.75) is 17.4 Å². The molecule has 0 bridgehead atoms. The maximum absolute atomic E-state index is 13.6. The van der Waals surface area contributed by atoms with Gasteiger partial charge in [0.15, 0.2) is 0 Å². The number of carbonyl (C=O) groups is 2. The number of aliphatic hydroxyl groups is 1. The van der Waals surface area contributed by atoms with Gasteiger partial charge in [0.25, 0.3) is 11.7 Å². The number of benzene rings is 2. The van der Waals surface area contributed by atoms with E-state index in [1.54, 1.807) is 0 Å². The lowest BCUT2D eigenvalue weighted by molar-refractivity contribution is -0.139. The number of rotatable bonds is 8. The molecule has 1 amide bonds. The Hall–Kier alpha value is -3.08. The highest BCUT2D eigenvalue weighted by molar-refractivity contribution is 7.89. The molecule has 8 nitrogen and oxygen atoms in total. The van der Waals surface area contributed by atoms with Crippen LogP contribution in [0.15, 0.2) is 59.0 Å². The predicted octanol–water partition coefficient (Wildman–Crippen LogP) is 2.45. The second-order valence-corrected chi connectivity index (χ2v) is 10.7. The lowest BCUT2D eigenvalue weighted by Gasteiger charge is -2.26. The predicted molar refractivity (Wildman–Crippen MR) is 126 cm³/mol. The highest BCUT2D eigenvalue weighted by Crippen LogP contribution is 2.39. The number of nitrogens with zero attached hydrogens (tertiary/aromatic N) is 3. The third kappa shape index (κ3) is 5.03. The van der Waals surface area contributed by atoms with Gasteiger partial charge in [0.2, 0.25) is 10.0 Å². The average Bonchev–Trinajstić information content (AvgIpc) is 3.04. The summed E-state index contributed by atoms with van der Waals surface area (Å²) in [5, 5.41) is 11.1. The van der Waals surface area contributed by atoms with Gasteiger partial charge in [0.05, 0.1) is 16.5 Å². The van der Waals surface area contributed by atoms with Gasteiger partial charge in [-0.1, -0.05) is 24.3 Å². The van der Waals surface area contributed by atoms with Crippen molar-refractivity contribution in [2.75, 3.05) is 41.3 Å². The maximum Gasteiger partial charge on any atom is 0.295 e. The quantitative estimate of drug-likeness (QED) is 0.348. The number of halogens is 1. The zero-order valence-electron chi connectivity index (χ0n) is 19.5. The van der Waals surface area contributed by atoms with Crippen LogP contribution in [-0.4, -0.2) is 80.6 Å². The van der Waals surface area contributed by atoms with Crippen LogP contribution in [0.25, 0.3) is 5.76 Å². The first kappa shape index (κ1) is 25.5. The van der Waals surface area contributed by atoms with Gasteiger partial charge >= 0.3 is 0 Å². The van der Waals surface area contributed by atoms with Crippen molar-refractivity contribution in [3.63, 3.8) is 0 Å². The Bertz CT molecular complexity index is 1220. The molecule has 34 heavy (non-hydrogen) atoms. The lowest BCUT2D eigenvalue weighted by Crippen LogP contribution is -2.32. The van der Waals surface area contributed by atoms with E-state index in [1.165, 1.54) is 67.5 Å². The SMILES string of the molecule is CN(C)CCCN1C(=O)C(=O)/C(=C(\O)c2cccc(S(=O)(=O)N(C)C)c2)C1c1ccc(F)cc1. The monoisotopic (exact) mass is 489 g/mol. The van der Waals surface area contributed by atoms with E-state index in [-0.39, 0.29) is 22.6 Å². The van der Waals surface area contributed by atoms with Crippen LogP contribution >= 0.6 is 0 Å². The number of likely N-dealkylation sites (tertiary alicyclic amines) is 1. The van der Waals surface area contributed by atoms with E-state index in [9.17, 15) is 27.5 Å². The molecule has 0 radical (unpaired) electrons. The van der Waals surface area contributed by atoms with Gasteiger partial charge in [-0.25, -0.2) is 17.1 Å². The topological polar surface area (TPSA) is 98.2 Å². The molecule has 1 unspecified atom stereocenters. The number of ketones is 1. The van der Waals surface area contributed by atoms with Gasteiger partial charge < -0.3 is 14.9 Å². The first-order chi connectivity index (χ1) is 15.9. The normalized spacial score (nSPS) is 18.3. The number of amides is 1. The Morgan fingerprint density at radius 3 is 2.29 bits per heavy atom. The minimum Gasteiger partial charge on any atom is -0.507 e. The van der Waals surface area contributed by atoms with Crippen LogP contribution in [0.5, 0.6) is 0 Å². The molecule has 2 aromatic rings. The van der Waals surface area contributed by atoms with Gasteiger partial charge in [-0.2, -0.15) is 0 Å². The van der Waals surface area contributed by atoms with E-state index < -0.39 is 39.3 Å². The molecule has 1 saturated heterocycles. The zero-order valence-corrected chi connectivity index (χ0v) is 20.3. The number of Topliss-reactive ketones (excluding diaryl/α,β-unsaturated/α-hetero) is 1. The summed E-state index contributed by atoms with van der Waals surface area (Å²) in [4.78, 5) is 29.2.